The van der Waals surface area contributed by atoms with E-state index in [1.165, 1.54) is 7.11 Å². The molecule has 0 radical (unpaired) electrons. The third-order valence-corrected chi connectivity index (χ3v) is 4.88. The van der Waals surface area contributed by atoms with E-state index in [1.807, 2.05) is 6.92 Å². The summed E-state index contributed by atoms with van der Waals surface area (Å²) in [5, 5.41) is 0. The van der Waals surface area contributed by atoms with E-state index in [-0.39, 0.29) is 6.61 Å². The van der Waals surface area contributed by atoms with Crippen molar-refractivity contribution in [1.82, 2.24) is 8.75 Å². The monoisotopic (exact) mass is 414 g/mol. The van der Waals surface area contributed by atoms with Gasteiger partial charge in [0.25, 0.3) is 0 Å². The molecule has 1 atom stereocenters. The van der Waals surface area contributed by atoms with Gasteiger partial charge in [0.05, 0.1) is 31.0 Å². The Labute approximate surface area is 172 Å². The second kappa shape index (κ2) is 9.47. The maximum absolute atomic E-state index is 12.7. The van der Waals surface area contributed by atoms with Crippen LogP contribution in [0, 0.1) is 0 Å². The summed E-state index contributed by atoms with van der Waals surface area (Å²) in [6.07, 6.45) is 0.576. The molecular formula is C21H22N2O5S. The number of hydrogen-bond acceptors (Lipinski definition) is 8. The Hall–Kier alpha value is -3.00. The van der Waals surface area contributed by atoms with Crippen molar-refractivity contribution in [1.29, 1.82) is 0 Å². The number of ether oxygens (including phenoxy) is 3. The molecule has 0 bridgehead atoms. The first-order chi connectivity index (χ1) is 14.1. The van der Waals surface area contributed by atoms with Gasteiger partial charge in [0.1, 0.15) is 16.8 Å². The van der Waals surface area contributed by atoms with Gasteiger partial charge in [-0.15, -0.1) is 0 Å². The zero-order valence-electron chi connectivity index (χ0n) is 16.5. The van der Waals surface area contributed by atoms with Crippen molar-refractivity contribution < 1.29 is 23.8 Å². The number of nitrogens with zero attached hydrogens (tertiary/aromatic N) is 2. The van der Waals surface area contributed by atoms with Gasteiger partial charge in [-0.05, 0) is 49.2 Å². The summed E-state index contributed by atoms with van der Waals surface area (Å²) >= 11 is 1.11. The summed E-state index contributed by atoms with van der Waals surface area (Å²) in [5.41, 5.74) is 3.34. The van der Waals surface area contributed by atoms with E-state index in [1.54, 1.807) is 43.3 Å². The molecule has 7 nitrogen and oxygen atoms in total. The molecule has 0 aliphatic rings. The van der Waals surface area contributed by atoms with Crippen LogP contribution < -0.4 is 4.74 Å². The minimum atomic E-state index is -0.958. The number of esters is 2. The first-order valence-electron chi connectivity index (χ1n) is 9.34. The number of hydrogen-bond donors (Lipinski definition) is 0. The lowest BCUT2D eigenvalue weighted by Crippen LogP contribution is -2.22. The quantitative estimate of drug-likeness (QED) is 0.513. The smallest absolute Gasteiger partial charge is 0.352 e. The van der Waals surface area contributed by atoms with Gasteiger partial charge >= 0.3 is 11.9 Å². The van der Waals surface area contributed by atoms with Gasteiger partial charge in [-0.3, -0.25) is 0 Å². The van der Waals surface area contributed by atoms with Crippen molar-refractivity contribution in [3.8, 4) is 5.75 Å². The summed E-state index contributed by atoms with van der Waals surface area (Å²) < 4.78 is 24.6. The molecule has 0 spiro atoms. The standard InChI is InChI=1S/C21H22N2O5S/c1-4-6-13-11-15(20(24)26-3)8-10-18(13)28-19(21(25)27-5-2)14-7-9-16-17(12-14)23-29-22-16/h7-12,19H,4-6H2,1-3H3. The largest absolute Gasteiger partial charge is 0.474 e. The number of aryl methyl sites for hydroxylation is 1. The van der Waals surface area contributed by atoms with E-state index in [9.17, 15) is 9.59 Å². The number of benzene rings is 2. The molecule has 0 saturated carbocycles. The fourth-order valence-corrected chi connectivity index (χ4v) is 3.48. The molecule has 29 heavy (non-hydrogen) atoms. The van der Waals surface area contributed by atoms with Gasteiger partial charge in [-0.1, -0.05) is 19.4 Å². The van der Waals surface area contributed by atoms with Crippen LogP contribution in [0.15, 0.2) is 36.4 Å². The third kappa shape index (κ3) is 4.71. The number of fused-ring (bicyclic) bond motifs is 1. The lowest BCUT2D eigenvalue weighted by molar-refractivity contribution is -0.151. The van der Waals surface area contributed by atoms with Crippen LogP contribution in [0.2, 0.25) is 0 Å². The topological polar surface area (TPSA) is 87.6 Å². The Morgan fingerprint density at radius 3 is 2.59 bits per heavy atom. The second-order valence-electron chi connectivity index (χ2n) is 6.33. The van der Waals surface area contributed by atoms with Crippen LogP contribution in [0.3, 0.4) is 0 Å². The molecule has 8 heteroatoms. The van der Waals surface area contributed by atoms with Crippen LogP contribution in [-0.2, 0) is 20.7 Å². The first kappa shape index (κ1) is 20.7. The Morgan fingerprint density at radius 2 is 1.86 bits per heavy atom. The van der Waals surface area contributed by atoms with Crippen LogP contribution >= 0.6 is 11.7 Å². The minimum Gasteiger partial charge on any atom is -0.474 e. The molecule has 152 valence electrons. The van der Waals surface area contributed by atoms with Gasteiger partial charge in [-0.25, -0.2) is 9.59 Å². The zero-order valence-corrected chi connectivity index (χ0v) is 17.3. The number of aromatic nitrogens is 2. The highest BCUT2D eigenvalue weighted by molar-refractivity contribution is 7.00. The molecule has 0 aliphatic heterocycles. The molecular weight excluding hydrogens is 392 g/mol. The van der Waals surface area contributed by atoms with Crippen molar-refractivity contribution in [3.63, 3.8) is 0 Å². The molecule has 1 unspecified atom stereocenters. The lowest BCUT2D eigenvalue weighted by atomic mass is 10.0. The molecule has 3 aromatic rings. The fraction of sp³-hybridized carbons (Fsp3) is 0.333. The summed E-state index contributed by atoms with van der Waals surface area (Å²) in [5.74, 6) is -0.388. The van der Waals surface area contributed by atoms with Gasteiger partial charge in [0.15, 0.2) is 0 Å². The maximum atomic E-state index is 12.7. The van der Waals surface area contributed by atoms with Crippen molar-refractivity contribution in [3.05, 3.63) is 53.1 Å². The Balaban J connectivity index is 1.98. The number of rotatable bonds is 8. The fourth-order valence-electron chi connectivity index (χ4n) is 2.96. The number of carbonyl (C=O) groups is 2. The summed E-state index contributed by atoms with van der Waals surface area (Å²) in [7, 11) is 1.34. The van der Waals surface area contributed by atoms with E-state index in [0.29, 0.717) is 28.8 Å². The van der Waals surface area contributed by atoms with Crippen LogP contribution in [0.25, 0.3) is 11.0 Å². The first-order valence-corrected chi connectivity index (χ1v) is 10.1. The highest BCUT2D eigenvalue weighted by Gasteiger charge is 2.26. The van der Waals surface area contributed by atoms with E-state index in [0.717, 1.165) is 29.2 Å². The minimum absolute atomic E-state index is 0.238. The molecule has 0 saturated heterocycles. The molecule has 1 heterocycles. The van der Waals surface area contributed by atoms with Crippen molar-refractivity contribution in [2.24, 2.45) is 0 Å². The molecule has 3 rings (SSSR count). The molecule has 0 N–H and O–H groups in total. The van der Waals surface area contributed by atoms with Crippen molar-refractivity contribution in [2.75, 3.05) is 13.7 Å². The summed E-state index contributed by atoms with van der Waals surface area (Å²) in [4.78, 5) is 24.5. The van der Waals surface area contributed by atoms with E-state index >= 15 is 0 Å². The van der Waals surface area contributed by atoms with E-state index < -0.39 is 18.0 Å². The number of methoxy groups -OCH3 is 1. The highest BCUT2D eigenvalue weighted by Crippen LogP contribution is 2.30. The SMILES string of the molecule is CCCc1cc(C(=O)OC)ccc1OC(C(=O)OCC)c1ccc2nsnc2c1. The van der Waals surface area contributed by atoms with Crippen LogP contribution in [0.1, 0.15) is 47.9 Å². The van der Waals surface area contributed by atoms with Gasteiger partial charge < -0.3 is 14.2 Å². The van der Waals surface area contributed by atoms with Gasteiger partial charge in [0.2, 0.25) is 6.10 Å². The van der Waals surface area contributed by atoms with Crippen LogP contribution in [-0.4, -0.2) is 34.4 Å². The van der Waals surface area contributed by atoms with Crippen LogP contribution in [0.4, 0.5) is 0 Å². The molecule has 0 amide bonds. The molecule has 2 aromatic carbocycles. The van der Waals surface area contributed by atoms with E-state index in [2.05, 4.69) is 8.75 Å². The van der Waals surface area contributed by atoms with Gasteiger partial charge in [0, 0.05) is 5.56 Å². The Morgan fingerprint density at radius 1 is 1.07 bits per heavy atom. The average molecular weight is 414 g/mol. The van der Waals surface area contributed by atoms with Crippen molar-refractivity contribution in [2.45, 2.75) is 32.8 Å². The van der Waals surface area contributed by atoms with Gasteiger partial charge in [-0.2, -0.15) is 8.75 Å². The maximum Gasteiger partial charge on any atom is 0.352 e. The van der Waals surface area contributed by atoms with Crippen LogP contribution in [0.5, 0.6) is 5.75 Å². The third-order valence-electron chi connectivity index (χ3n) is 4.33. The highest BCUT2D eigenvalue weighted by atomic mass is 32.1. The Bertz CT molecular complexity index is 1020. The summed E-state index contributed by atoms with van der Waals surface area (Å²) in [6, 6.07) is 10.4. The molecule has 0 aliphatic carbocycles. The predicted molar refractivity (Wildman–Crippen MR) is 109 cm³/mol. The molecule has 1 aromatic heterocycles. The average Bonchev–Trinajstić information content (AvgIpc) is 3.20. The summed E-state index contributed by atoms with van der Waals surface area (Å²) in [6.45, 7) is 4.01. The van der Waals surface area contributed by atoms with E-state index in [4.69, 9.17) is 14.2 Å². The molecule has 0 fully saturated rings. The number of carbonyl (C=O) groups excluding carboxylic acids is 2. The lowest BCUT2D eigenvalue weighted by Gasteiger charge is -2.20. The zero-order chi connectivity index (χ0) is 20.8. The Kier molecular flexibility index (Phi) is 6.77. The van der Waals surface area contributed by atoms with Crippen molar-refractivity contribution >= 4 is 34.7 Å². The second-order valence-corrected chi connectivity index (χ2v) is 6.85. The predicted octanol–water partition coefficient (Wildman–Crippen LogP) is 4.11. The normalized spacial score (nSPS) is 11.8.